The second-order valence-corrected chi connectivity index (χ2v) is 17.3. The highest BCUT2D eigenvalue weighted by atomic mass is 16.6. The van der Waals surface area contributed by atoms with Gasteiger partial charge in [-0.15, -0.1) is 0 Å². The second kappa shape index (κ2) is 44.1. The third-order valence-corrected chi connectivity index (χ3v) is 10.5. The maximum Gasteiger partial charge on any atom is 0.306 e. The van der Waals surface area contributed by atoms with Crippen LogP contribution in [0.15, 0.2) is 85.1 Å². The van der Waals surface area contributed by atoms with Crippen molar-refractivity contribution >= 4 is 17.9 Å². The van der Waals surface area contributed by atoms with E-state index in [0.29, 0.717) is 12.8 Å². The van der Waals surface area contributed by atoms with E-state index < -0.39 is 18.1 Å². The molecule has 0 aromatic carbocycles. The van der Waals surface area contributed by atoms with Gasteiger partial charge in [0.15, 0.2) is 6.10 Å². The molecule has 8 heteroatoms. The smallest absolute Gasteiger partial charge is 0.306 e. The van der Waals surface area contributed by atoms with Crippen molar-refractivity contribution in [2.45, 2.75) is 199 Å². The summed E-state index contributed by atoms with van der Waals surface area (Å²) in [5.41, 5.74) is 0. The molecule has 0 aliphatic heterocycles. The number of carboxylic acid groups (broad SMARTS) is 1. The van der Waals surface area contributed by atoms with E-state index in [0.717, 1.165) is 70.6 Å². The van der Waals surface area contributed by atoms with Gasteiger partial charge >= 0.3 is 11.9 Å². The highest BCUT2D eigenvalue weighted by Crippen LogP contribution is 2.15. The van der Waals surface area contributed by atoms with Crippen molar-refractivity contribution in [2.24, 2.45) is 0 Å². The monoisotopic (exact) mass is 866 g/mol. The Balaban J connectivity index is 4.33. The molecule has 0 spiro atoms. The van der Waals surface area contributed by atoms with Gasteiger partial charge < -0.3 is 28.6 Å². The minimum atomic E-state index is -1.13. The van der Waals surface area contributed by atoms with Gasteiger partial charge in [-0.3, -0.25) is 9.59 Å². The van der Waals surface area contributed by atoms with Crippen molar-refractivity contribution in [2.75, 3.05) is 41.0 Å². The van der Waals surface area contributed by atoms with Gasteiger partial charge in [0.05, 0.1) is 40.3 Å². The fourth-order valence-electron chi connectivity index (χ4n) is 6.79. The molecule has 0 N–H and O–H groups in total. The van der Waals surface area contributed by atoms with E-state index in [1.54, 1.807) is 21.1 Å². The summed E-state index contributed by atoms with van der Waals surface area (Å²) in [6.45, 7) is 4.39. The van der Waals surface area contributed by atoms with Gasteiger partial charge in [0.25, 0.3) is 0 Å². The Morgan fingerprint density at radius 3 is 1.31 bits per heavy atom. The molecule has 0 saturated heterocycles. The number of quaternary nitrogens is 1. The molecule has 0 aromatic rings. The molecule has 0 aromatic heterocycles. The Kier molecular flexibility index (Phi) is 41.6. The number of esters is 2. The van der Waals surface area contributed by atoms with Crippen LogP contribution < -0.4 is 5.11 Å². The quantitative estimate of drug-likeness (QED) is 0.0260. The molecule has 0 heterocycles. The third kappa shape index (κ3) is 41.8. The second-order valence-electron chi connectivity index (χ2n) is 17.3. The molecule has 0 bridgehead atoms. The van der Waals surface area contributed by atoms with Crippen LogP contribution in [0.2, 0.25) is 0 Å². The molecule has 2 atom stereocenters. The number of carbonyl (C=O) groups excluding carboxylic acids is 3. The Hall–Kier alpha value is -3.49. The standard InChI is InChI=1S/C54H91NO7/c1-6-8-10-12-14-16-18-20-22-24-25-26-27-29-31-33-35-37-39-41-43-45-53(57)62-50(48-60-47-46-51(54(58)59)55(3,4)5)49-61-52(56)44-42-40-38-36-34-32-30-28-23-21-19-17-15-13-11-9-7-2/h8-11,14-17,21,23,30,32,36,38,50-51H,6-7,12-13,18-20,22,24-29,31,33-35,37,39-49H2,1-5H3/b10-8+,11-9+,16-14+,17-15+,23-21+,32-30+,38-36+. The van der Waals surface area contributed by atoms with Crippen LogP contribution in [0.25, 0.3) is 0 Å². The van der Waals surface area contributed by atoms with Crippen LogP contribution in [0.1, 0.15) is 187 Å². The maximum absolute atomic E-state index is 12.8. The Morgan fingerprint density at radius 2 is 0.871 bits per heavy atom. The van der Waals surface area contributed by atoms with E-state index >= 15 is 0 Å². The van der Waals surface area contributed by atoms with Gasteiger partial charge in [0, 0.05) is 19.3 Å². The highest BCUT2D eigenvalue weighted by Gasteiger charge is 2.25. The third-order valence-electron chi connectivity index (χ3n) is 10.5. The molecular formula is C54H91NO7. The number of allylic oxidation sites excluding steroid dienone is 14. The molecule has 0 rings (SSSR count). The van der Waals surface area contributed by atoms with Crippen molar-refractivity contribution in [1.29, 1.82) is 0 Å². The Morgan fingerprint density at radius 1 is 0.484 bits per heavy atom. The normalized spacial score (nSPS) is 13.6. The van der Waals surface area contributed by atoms with Crippen LogP contribution in [0.5, 0.6) is 0 Å². The number of nitrogens with zero attached hydrogens (tertiary/aromatic N) is 1. The van der Waals surface area contributed by atoms with E-state index in [4.69, 9.17) is 14.2 Å². The van der Waals surface area contributed by atoms with E-state index in [1.165, 1.54) is 77.0 Å². The molecule has 0 radical (unpaired) electrons. The zero-order chi connectivity index (χ0) is 45.6. The van der Waals surface area contributed by atoms with Crippen LogP contribution in [0, 0.1) is 0 Å². The van der Waals surface area contributed by atoms with E-state index in [1.807, 2.05) is 0 Å². The molecule has 0 aliphatic carbocycles. The fraction of sp³-hybridized carbons (Fsp3) is 0.685. The topological polar surface area (TPSA) is 102 Å². The highest BCUT2D eigenvalue weighted by molar-refractivity contribution is 5.70. The summed E-state index contributed by atoms with van der Waals surface area (Å²) in [5.74, 6) is -1.81. The predicted molar refractivity (Wildman–Crippen MR) is 258 cm³/mol. The van der Waals surface area contributed by atoms with Crippen molar-refractivity contribution in [3.8, 4) is 0 Å². The van der Waals surface area contributed by atoms with Crippen molar-refractivity contribution < 1.29 is 38.2 Å². The first-order valence-electron chi connectivity index (χ1n) is 24.6. The lowest BCUT2D eigenvalue weighted by Crippen LogP contribution is -2.55. The summed E-state index contributed by atoms with van der Waals surface area (Å²) in [5, 5.41) is 11.7. The summed E-state index contributed by atoms with van der Waals surface area (Å²) >= 11 is 0. The number of ether oxygens (including phenoxy) is 3. The summed E-state index contributed by atoms with van der Waals surface area (Å²) in [6.07, 6.45) is 57.7. The van der Waals surface area contributed by atoms with Crippen molar-refractivity contribution in [3.63, 3.8) is 0 Å². The Labute approximate surface area is 380 Å². The Bertz CT molecular complexity index is 1290. The van der Waals surface area contributed by atoms with Gasteiger partial charge in [0.2, 0.25) is 0 Å². The number of likely N-dealkylation sites (N-methyl/N-ethyl adjacent to an activating group) is 1. The van der Waals surface area contributed by atoms with Crippen LogP contribution in [-0.4, -0.2) is 75.5 Å². The molecular weight excluding hydrogens is 775 g/mol. The molecule has 354 valence electrons. The molecule has 0 fully saturated rings. The molecule has 8 nitrogen and oxygen atoms in total. The fourth-order valence-corrected chi connectivity index (χ4v) is 6.79. The first kappa shape index (κ1) is 58.5. The van der Waals surface area contributed by atoms with Gasteiger partial charge in [-0.1, -0.05) is 176 Å². The molecule has 62 heavy (non-hydrogen) atoms. The lowest BCUT2D eigenvalue weighted by atomic mass is 10.0. The number of aliphatic carboxylic acids is 1. The van der Waals surface area contributed by atoms with Crippen LogP contribution in [0.3, 0.4) is 0 Å². The molecule has 2 unspecified atom stereocenters. The SMILES string of the molecule is CC/C=C/C/C=C/C/C=C/C/C=C/C/C=C/CCCC(=O)OCC(COCCC(C(=O)[O-])[N+](C)(C)C)OC(=O)CCCCCCCCCCCCCCCC/C=C/C/C=C/CC. The van der Waals surface area contributed by atoms with Crippen LogP contribution >= 0.6 is 0 Å². The van der Waals surface area contributed by atoms with E-state index in [9.17, 15) is 19.5 Å². The number of carbonyl (C=O) groups is 3. The minimum absolute atomic E-state index is 0.0193. The average molecular weight is 866 g/mol. The van der Waals surface area contributed by atoms with Gasteiger partial charge in [-0.05, 0) is 77.0 Å². The summed E-state index contributed by atoms with van der Waals surface area (Å²) in [4.78, 5) is 37.0. The largest absolute Gasteiger partial charge is 0.544 e. The van der Waals surface area contributed by atoms with Gasteiger partial charge in [0.1, 0.15) is 12.6 Å². The number of carboxylic acids is 1. The number of unbranched alkanes of at least 4 members (excludes halogenated alkanes) is 15. The molecule has 0 aliphatic rings. The number of hydrogen-bond donors (Lipinski definition) is 0. The zero-order valence-corrected chi connectivity index (χ0v) is 40.3. The predicted octanol–water partition coefficient (Wildman–Crippen LogP) is 12.7. The lowest BCUT2D eigenvalue weighted by Gasteiger charge is -2.34. The number of hydrogen-bond acceptors (Lipinski definition) is 7. The lowest BCUT2D eigenvalue weighted by molar-refractivity contribution is -0.889. The van der Waals surface area contributed by atoms with Crippen molar-refractivity contribution in [1.82, 2.24) is 0 Å². The van der Waals surface area contributed by atoms with Gasteiger partial charge in [-0.25, -0.2) is 0 Å². The van der Waals surface area contributed by atoms with Crippen LogP contribution in [0.4, 0.5) is 0 Å². The van der Waals surface area contributed by atoms with E-state index in [2.05, 4.69) is 98.9 Å². The average Bonchev–Trinajstić information content (AvgIpc) is 3.23. The molecule has 0 amide bonds. The maximum atomic E-state index is 12.8. The molecule has 0 saturated carbocycles. The first-order chi connectivity index (χ1) is 30.1. The minimum Gasteiger partial charge on any atom is -0.544 e. The first-order valence-corrected chi connectivity index (χ1v) is 24.6. The zero-order valence-electron chi connectivity index (χ0n) is 40.3. The summed E-state index contributed by atoms with van der Waals surface area (Å²) < 4.78 is 17.2. The van der Waals surface area contributed by atoms with Gasteiger partial charge in [-0.2, -0.15) is 0 Å². The summed E-state index contributed by atoms with van der Waals surface area (Å²) in [7, 11) is 5.39. The van der Waals surface area contributed by atoms with Crippen LogP contribution in [-0.2, 0) is 28.6 Å². The summed E-state index contributed by atoms with van der Waals surface area (Å²) in [6, 6.07) is -0.738. The van der Waals surface area contributed by atoms with E-state index in [-0.39, 0.29) is 49.1 Å². The number of rotatable bonds is 43. The van der Waals surface area contributed by atoms with Crippen molar-refractivity contribution in [3.05, 3.63) is 85.1 Å².